The van der Waals surface area contributed by atoms with Crippen molar-refractivity contribution in [2.45, 2.75) is 63.3 Å². The monoisotopic (exact) mass is 512 g/mol. The third-order valence-electron chi connectivity index (χ3n) is 7.77. The van der Waals surface area contributed by atoms with E-state index in [9.17, 15) is 25.2 Å². The number of benzene rings is 2. The Bertz CT molecular complexity index is 1250. The lowest BCUT2D eigenvalue weighted by atomic mass is 9.73. The number of carbonyl (C=O) groups excluding carboxylic acids is 1. The Hall–Kier alpha value is -3.02. The summed E-state index contributed by atoms with van der Waals surface area (Å²) in [6, 6.07) is 4.26. The largest absolute Gasteiger partial charge is 0.507 e. The van der Waals surface area contributed by atoms with Gasteiger partial charge in [-0.25, -0.2) is 0 Å². The van der Waals surface area contributed by atoms with Gasteiger partial charge in [-0.3, -0.25) is 10.2 Å². The molecule has 2 aromatic carbocycles. The molecule has 0 radical (unpaired) electrons. The van der Waals surface area contributed by atoms with Crippen molar-refractivity contribution < 1.29 is 39.4 Å². The molecule has 1 aliphatic heterocycles. The molecule has 10 heteroatoms. The first-order chi connectivity index (χ1) is 17.7. The second-order valence-corrected chi connectivity index (χ2v) is 10.0. The van der Waals surface area contributed by atoms with Gasteiger partial charge in [0, 0.05) is 35.8 Å². The number of aromatic hydroxyl groups is 2. The summed E-state index contributed by atoms with van der Waals surface area (Å²) in [4.78, 5) is 13.5. The molecule has 0 aromatic heterocycles. The Morgan fingerprint density at radius 3 is 2.59 bits per heavy atom. The fourth-order valence-electron chi connectivity index (χ4n) is 5.89. The van der Waals surface area contributed by atoms with E-state index in [1.807, 2.05) is 0 Å². The molecule has 2 aliphatic carbocycles. The lowest BCUT2D eigenvalue weighted by Gasteiger charge is -2.40. The van der Waals surface area contributed by atoms with Crippen LogP contribution >= 0.6 is 0 Å². The van der Waals surface area contributed by atoms with E-state index < -0.39 is 36.4 Å². The normalized spacial score (nSPS) is 28.9. The molecule has 0 spiro atoms. The third kappa shape index (κ3) is 4.09. The first-order valence-electron chi connectivity index (χ1n) is 12.4. The van der Waals surface area contributed by atoms with Gasteiger partial charge in [0.25, 0.3) is 0 Å². The number of ketones is 1. The highest BCUT2D eigenvalue weighted by molar-refractivity contribution is 6.32. The lowest BCUT2D eigenvalue weighted by molar-refractivity contribution is -0.243. The number of fused-ring (bicyclic) bond motifs is 3. The fourth-order valence-corrected chi connectivity index (χ4v) is 5.89. The Balaban J connectivity index is 1.63. The molecule has 6 atom stereocenters. The van der Waals surface area contributed by atoms with Gasteiger partial charge in [-0.05, 0) is 38.2 Å². The summed E-state index contributed by atoms with van der Waals surface area (Å²) in [5.41, 5.74) is 6.83. The van der Waals surface area contributed by atoms with Crippen molar-refractivity contribution in [2.75, 3.05) is 13.7 Å². The summed E-state index contributed by atoms with van der Waals surface area (Å²) in [6.07, 6.45) is -1.58. The van der Waals surface area contributed by atoms with Crippen molar-refractivity contribution in [1.29, 1.82) is 5.41 Å². The van der Waals surface area contributed by atoms with E-state index in [1.54, 1.807) is 25.1 Å². The highest BCUT2D eigenvalue weighted by Crippen LogP contribution is 2.52. The number of ether oxygens (including phenoxy) is 3. The molecule has 37 heavy (non-hydrogen) atoms. The van der Waals surface area contributed by atoms with Crippen LogP contribution in [0.3, 0.4) is 0 Å². The van der Waals surface area contributed by atoms with E-state index in [4.69, 9.17) is 25.4 Å². The maximum absolute atomic E-state index is 13.5. The minimum absolute atomic E-state index is 0.0717. The maximum atomic E-state index is 13.5. The van der Waals surface area contributed by atoms with E-state index in [2.05, 4.69) is 0 Å². The number of hydrogen-bond acceptors (Lipinski definition) is 10. The van der Waals surface area contributed by atoms with Crippen molar-refractivity contribution >= 4 is 11.5 Å². The quantitative estimate of drug-likeness (QED) is 0.279. The molecule has 7 N–H and O–H groups in total. The van der Waals surface area contributed by atoms with Gasteiger partial charge >= 0.3 is 0 Å². The molecular formula is C27H32N2O8. The summed E-state index contributed by atoms with van der Waals surface area (Å²) < 4.78 is 17.5. The van der Waals surface area contributed by atoms with Crippen molar-refractivity contribution in [3.63, 3.8) is 0 Å². The summed E-state index contributed by atoms with van der Waals surface area (Å²) in [6.45, 7) is 1.62. The molecule has 0 saturated carbocycles. The average Bonchev–Trinajstić information content (AvgIpc) is 2.87. The van der Waals surface area contributed by atoms with Gasteiger partial charge in [-0.1, -0.05) is 12.1 Å². The van der Waals surface area contributed by atoms with Crippen LogP contribution in [0.4, 0.5) is 0 Å². The summed E-state index contributed by atoms with van der Waals surface area (Å²) in [5.74, 6) is -0.907. The van der Waals surface area contributed by atoms with Crippen molar-refractivity contribution in [3.05, 3.63) is 51.6 Å². The van der Waals surface area contributed by atoms with Crippen LogP contribution < -0.4 is 10.5 Å². The molecule has 2 aromatic rings. The van der Waals surface area contributed by atoms with Gasteiger partial charge in [0.2, 0.25) is 0 Å². The number of carbonyl (C=O) groups is 1. The predicted octanol–water partition coefficient (Wildman–Crippen LogP) is 1.89. The summed E-state index contributed by atoms with van der Waals surface area (Å²) in [5, 5.41) is 51.6. The van der Waals surface area contributed by atoms with Gasteiger partial charge in [0.1, 0.15) is 17.2 Å². The number of hydrogen-bond donors (Lipinski definition) is 6. The Morgan fingerprint density at radius 1 is 1.16 bits per heavy atom. The van der Waals surface area contributed by atoms with E-state index in [-0.39, 0.29) is 64.0 Å². The molecular weight excluding hydrogens is 480 g/mol. The van der Waals surface area contributed by atoms with Crippen LogP contribution in [0.15, 0.2) is 18.2 Å². The molecule has 0 bridgehead atoms. The number of phenols is 2. The van der Waals surface area contributed by atoms with Crippen LogP contribution in [-0.4, -0.2) is 70.2 Å². The molecule has 1 fully saturated rings. The molecule has 198 valence electrons. The number of phenolic OH excluding ortho intramolecular Hbond substituents is 2. The topological polar surface area (TPSA) is 176 Å². The summed E-state index contributed by atoms with van der Waals surface area (Å²) in [7, 11) is 1.44. The molecule has 3 aliphatic rings. The average molecular weight is 513 g/mol. The van der Waals surface area contributed by atoms with E-state index in [1.165, 1.54) is 7.11 Å². The fraction of sp³-hybridized carbons (Fsp3) is 0.481. The van der Waals surface area contributed by atoms with Crippen LogP contribution in [0.1, 0.15) is 70.5 Å². The number of aliphatic hydroxyl groups excluding tert-OH is 2. The minimum atomic E-state index is -0.841. The Kier molecular flexibility index (Phi) is 6.71. The highest BCUT2D eigenvalue weighted by Gasteiger charge is 2.43. The number of nitrogens with one attached hydrogen (secondary N) is 1. The second kappa shape index (κ2) is 9.70. The molecule has 10 nitrogen and oxygen atoms in total. The maximum Gasteiger partial charge on any atom is 0.198 e. The zero-order valence-electron chi connectivity index (χ0n) is 20.7. The van der Waals surface area contributed by atoms with Crippen LogP contribution in [0, 0.1) is 11.3 Å². The third-order valence-corrected chi connectivity index (χ3v) is 7.77. The van der Waals surface area contributed by atoms with Crippen LogP contribution in [0.25, 0.3) is 0 Å². The van der Waals surface area contributed by atoms with Gasteiger partial charge in [-0.2, -0.15) is 0 Å². The summed E-state index contributed by atoms with van der Waals surface area (Å²) >= 11 is 0. The molecule has 1 saturated heterocycles. The zero-order valence-corrected chi connectivity index (χ0v) is 20.7. The van der Waals surface area contributed by atoms with E-state index >= 15 is 0 Å². The smallest absolute Gasteiger partial charge is 0.198 e. The minimum Gasteiger partial charge on any atom is -0.507 e. The Labute approximate surface area is 214 Å². The van der Waals surface area contributed by atoms with Crippen molar-refractivity contribution in [1.82, 2.24) is 0 Å². The van der Waals surface area contributed by atoms with Crippen LogP contribution in [0.5, 0.6) is 17.2 Å². The van der Waals surface area contributed by atoms with Gasteiger partial charge in [0.05, 0.1) is 47.8 Å². The molecule has 1 heterocycles. The number of methoxy groups -OCH3 is 1. The number of aliphatic hydroxyl groups is 2. The first kappa shape index (κ1) is 25.6. The predicted molar refractivity (Wildman–Crippen MR) is 132 cm³/mol. The first-order valence-corrected chi connectivity index (χ1v) is 12.4. The van der Waals surface area contributed by atoms with Crippen LogP contribution in [-0.2, 0) is 15.9 Å². The van der Waals surface area contributed by atoms with Crippen molar-refractivity contribution in [2.24, 2.45) is 11.7 Å². The Morgan fingerprint density at radius 2 is 1.92 bits per heavy atom. The van der Waals surface area contributed by atoms with Gasteiger partial charge in [0.15, 0.2) is 12.1 Å². The standard InChI is InChI=1S/C27H32N2O8/c1-11-24(31)15(28)10-18(36-11)37-17-9-12(6-7-30)8-14-20(17)27(34)21-22(26(14)33)25(32)13-4-3-5-16(35-2)19(13)23(21)29/h3-5,11-12,15,17-18,24,29-31,33-34H,6-10,28H2,1-2H3/t11?,12?,15?,17-,18?,24?/m0/s1. The highest BCUT2D eigenvalue weighted by atomic mass is 16.7. The van der Waals surface area contributed by atoms with E-state index in [0.29, 0.717) is 30.6 Å². The second-order valence-electron chi connectivity index (χ2n) is 10.0. The zero-order chi connectivity index (χ0) is 26.6. The lowest BCUT2D eigenvalue weighted by Crippen LogP contribution is -2.52. The SMILES string of the molecule is COc1cccc2c1C(=N)c1c(O)c3c(c(O)c1C2=O)CC(CCO)C[C@@H]3OC1CC(N)C(O)C(C)O1. The molecule has 0 amide bonds. The van der Waals surface area contributed by atoms with Gasteiger partial charge in [-0.15, -0.1) is 0 Å². The number of rotatable bonds is 5. The number of nitrogens with two attached hydrogens (primary N) is 1. The van der Waals surface area contributed by atoms with Crippen molar-refractivity contribution in [3.8, 4) is 17.2 Å². The van der Waals surface area contributed by atoms with Gasteiger partial charge < -0.3 is 40.4 Å². The van der Waals surface area contributed by atoms with E-state index in [0.717, 1.165) is 0 Å². The molecule has 5 rings (SSSR count). The van der Waals surface area contributed by atoms with Crippen LogP contribution in [0.2, 0.25) is 0 Å². The molecule has 5 unspecified atom stereocenters.